The van der Waals surface area contributed by atoms with Crippen LogP contribution < -0.4 is 10.0 Å². The first-order valence-corrected chi connectivity index (χ1v) is 9.40. The second kappa shape index (κ2) is 8.75. The molecule has 0 saturated carbocycles. The van der Waals surface area contributed by atoms with Gasteiger partial charge < -0.3 is 10.1 Å². The van der Waals surface area contributed by atoms with E-state index in [2.05, 4.69) is 10.0 Å². The van der Waals surface area contributed by atoms with Crippen LogP contribution in [0.4, 0.5) is 0 Å². The smallest absolute Gasteiger partial charge is 0.251 e. The molecule has 0 aliphatic rings. The van der Waals surface area contributed by atoms with Crippen molar-refractivity contribution in [3.8, 4) is 0 Å². The van der Waals surface area contributed by atoms with Gasteiger partial charge in [-0.2, -0.15) is 0 Å². The van der Waals surface area contributed by atoms with E-state index < -0.39 is 10.0 Å². The van der Waals surface area contributed by atoms with Gasteiger partial charge in [-0.15, -0.1) is 0 Å². The van der Waals surface area contributed by atoms with Gasteiger partial charge in [0.15, 0.2) is 0 Å². The number of carbonyl (C=O) groups excluding carboxylic acids is 1. The fourth-order valence-electron chi connectivity index (χ4n) is 2.38. The minimum Gasteiger partial charge on any atom is -0.380 e. The summed E-state index contributed by atoms with van der Waals surface area (Å²) in [6.45, 7) is 2.78. The predicted molar refractivity (Wildman–Crippen MR) is 95.6 cm³/mol. The van der Waals surface area contributed by atoms with Crippen LogP contribution in [-0.2, 0) is 27.9 Å². The van der Waals surface area contributed by atoms with Crippen LogP contribution in [0.2, 0.25) is 0 Å². The van der Waals surface area contributed by atoms with Crippen LogP contribution in [0, 0.1) is 0 Å². The van der Waals surface area contributed by atoms with E-state index >= 15 is 0 Å². The SMILES string of the molecule is CCNS(=O)(=O)c1cccc(C(=O)NCc2ccccc2COC)c1. The number of methoxy groups -OCH3 is 1. The monoisotopic (exact) mass is 362 g/mol. The third-order valence-corrected chi connectivity index (χ3v) is 5.14. The Morgan fingerprint density at radius 1 is 1.08 bits per heavy atom. The van der Waals surface area contributed by atoms with E-state index in [9.17, 15) is 13.2 Å². The summed E-state index contributed by atoms with van der Waals surface area (Å²) in [5.41, 5.74) is 2.24. The van der Waals surface area contributed by atoms with Gasteiger partial charge in [0.1, 0.15) is 0 Å². The van der Waals surface area contributed by atoms with E-state index in [1.807, 2.05) is 24.3 Å². The molecule has 2 rings (SSSR count). The molecule has 0 bridgehead atoms. The number of hydrogen-bond donors (Lipinski definition) is 2. The average Bonchev–Trinajstić information content (AvgIpc) is 2.61. The number of sulfonamides is 1. The summed E-state index contributed by atoms with van der Waals surface area (Å²) in [7, 11) is -1.98. The fraction of sp³-hybridized carbons (Fsp3) is 0.278. The number of ether oxygens (including phenoxy) is 1. The molecule has 0 saturated heterocycles. The van der Waals surface area contributed by atoms with E-state index in [1.54, 1.807) is 26.2 Å². The number of carbonyl (C=O) groups is 1. The molecule has 0 fully saturated rings. The molecule has 0 unspecified atom stereocenters. The zero-order chi connectivity index (χ0) is 18.3. The lowest BCUT2D eigenvalue weighted by atomic mass is 10.1. The van der Waals surface area contributed by atoms with Gasteiger partial charge in [0.25, 0.3) is 5.91 Å². The van der Waals surface area contributed by atoms with Crippen LogP contribution in [0.15, 0.2) is 53.4 Å². The van der Waals surface area contributed by atoms with Crippen LogP contribution in [-0.4, -0.2) is 28.0 Å². The van der Waals surface area contributed by atoms with Crippen molar-refractivity contribution in [3.63, 3.8) is 0 Å². The molecule has 2 N–H and O–H groups in total. The highest BCUT2D eigenvalue weighted by molar-refractivity contribution is 7.89. The first kappa shape index (κ1) is 19.1. The number of hydrogen-bond acceptors (Lipinski definition) is 4. The number of rotatable bonds is 8. The Morgan fingerprint density at radius 3 is 2.48 bits per heavy atom. The van der Waals surface area contributed by atoms with Crippen molar-refractivity contribution in [2.75, 3.05) is 13.7 Å². The zero-order valence-corrected chi connectivity index (χ0v) is 15.1. The highest BCUT2D eigenvalue weighted by Gasteiger charge is 2.15. The molecule has 2 aromatic rings. The van der Waals surface area contributed by atoms with E-state index in [4.69, 9.17) is 4.74 Å². The maximum atomic E-state index is 12.4. The molecule has 0 aliphatic carbocycles. The van der Waals surface area contributed by atoms with Crippen molar-refractivity contribution >= 4 is 15.9 Å². The molecule has 7 heteroatoms. The Kier molecular flexibility index (Phi) is 6.69. The molecule has 0 atom stereocenters. The Balaban J connectivity index is 2.12. The summed E-state index contributed by atoms with van der Waals surface area (Å²) < 4.78 is 31.7. The van der Waals surface area contributed by atoms with E-state index in [1.165, 1.54) is 12.1 Å². The Bertz CT molecular complexity index is 834. The van der Waals surface area contributed by atoms with Gasteiger partial charge in [-0.25, -0.2) is 13.1 Å². The molecule has 0 aromatic heterocycles. The minimum atomic E-state index is -3.59. The molecular formula is C18H22N2O4S. The molecular weight excluding hydrogens is 340 g/mol. The van der Waals surface area contributed by atoms with Crippen molar-refractivity contribution in [1.82, 2.24) is 10.0 Å². The van der Waals surface area contributed by atoms with Crippen molar-refractivity contribution in [2.24, 2.45) is 0 Å². The highest BCUT2D eigenvalue weighted by Crippen LogP contribution is 2.13. The predicted octanol–water partition coefficient (Wildman–Crippen LogP) is 2.06. The van der Waals surface area contributed by atoms with Crippen LogP contribution in [0.25, 0.3) is 0 Å². The summed E-state index contributed by atoms with van der Waals surface area (Å²) in [6, 6.07) is 13.6. The van der Waals surface area contributed by atoms with E-state index in [-0.39, 0.29) is 17.3 Å². The molecule has 6 nitrogen and oxygen atoms in total. The first-order chi connectivity index (χ1) is 12.0. The van der Waals surface area contributed by atoms with Crippen molar-refractivity contribution in [2.45, 2.75) is 25.0 Å². The van der Waals surface area contributed by atoms with Gasteiger partial charge in [-0.1, -0.05) is 37.3 Å². The molecule has 25 heavy (non-hydrogen) atoms. The quantitative estimate of drug-likeness (QED) is 0.753. The third-order valence-electron chi connectivity index (χ3n) is 3.60. The lowest BCUT2D eigenvalue weighted by Gasteiger charge is -2.11. The van der Waals surface area contributed by atoms with Crippen LogP contribution in [0.5, 0.6) is 0 Å². The van der Waals surface area contributed by atoms with E-state index in [0.717, 1.165) is 11.1 Å². The molecule has 0 radical (unpaired) electrons. The summed E-state index contributed by atoms with van der Waals surface area (Å²) in [5, 5.41) is 2.81. The first-order valence-electron chi connectivity index (χ1n) is 7.91. The average molecular weight is 362 g/mol. The topological polar surface area (TPSA) is 84.5 Å². The molecule has 134 valence electrons. The summed E-state index contributed by atoms with van der Waals surface area (Å²) in [4.78, 5) is 12.4. The van der Waals surface area contributed by atoms with Gasteiger partial charge >= 0.3 is 0 Å². The lowest BCUT2D eigenvalue weighted by molar-refractivity contribution is 0.0950. The van der Waals surface area contributed by atoms with Gasteiger partial charge in [0.05, 0.1) is 11.5 Å². The van der Waals surface area contributed by atoms with Gasteiger partial charge in [-0.05, 0) is 29.3 Å². The summed E-state index contributed by atoms with van der Waals surface area (Å²) in [5.74, 6) is -0.333. The zero-order valence-electron chi connectivity index (χ0n) is 14.3. The molecule has 2 aromatic carbocycles. The largest absolute Gasteiger partial charge is 0.380 e. The number of benzene rings is 2. The van der Waals surface area contributed by atoms with Gasteiger partial charge in [0, 0.05) is 25.8 Å². The second-order valence-corrected chi connectivity index (χ2v) is 7.18. The number of nitrogens with one attached hydrogen (secondary N) is 2. The highest BCUT2D eigenvalue weighted by atomic mass is 32.2. The maximum absolute atomic E-state index is 12.4. The van der Waals surface area contributed by atoms with Gasteiger partial charge in [0.2, 0.25) is 10.0 Å². The van der Waals surface area contributed by atoms with Crippen LogP contribution >= 0.6 is 0 Å². The Labute approximate surface area is 148 Å². The van der Waals surface area contributed by atoms with E-state index in [0.29, 0.717) is 18.7 Å². The summed E-state index contributed by atoms with van der Waals surface area (Å²) in [6.07, 6.45) is 0. The third kappa shape index (κ3) is 5.12. The molecule has 0 aliphatic heterocycles. The van der Waals surface area contributed by atoms with Crippen molar-refractivity contribution in [1.29, 1.82) is 0 Å². The van der Waals surface area contributed by atoms with Crippen molar-refractivity contribution < 1.29 is 17.9 Å². The van der Waals surface area contributed by atoms with Gasteiger partial charge in [-0.3, -0.25) is 4.79 Å². The van der Waals surface area contributed by atoms with Crippen molar-refractivity contribution in [3.05, 3.63) is 65.2 Å². The lowest BCUT2D eigenvalue weighted by Crippen LogP contribution is -2.25. The fourth-order valence-corrected chi connectivity index (χ4v) is 3.47. The maximum Gasteiger partial charge on any atom is 0.251 e. The Hall–Kier alpha value is -2.22. The Morgan fingerprint density at radius 2 is 1.80 bits per heavy atom. The van der Waals surface area contributed by atoms with Crippen LogP contribution in [0.1, 0.15) is 28.4 Å². The normalized spacial score (nSPS) is 11.3. The molecule has 0 spiro atoms. The number of amides is 1. The molecule has 0 heterocycles. The second-order valence-electron chi connectivity index (χ2n) is 5.41. The standard InChI is InChI=1S/C18H22N2O4S/c1-3-20-25(22,23)17-10-6-9-14(11-17)18(21)19-12-15-7-4-5-8-16(15)13-24-2/h4-11,20H,3,12-13H2,1-2H3,(H,19,21). The summed E-state index contributed by atoms with van der Waals surface area (Å²) >= 11 is 0. The molecule has 1 amide bonds. The minimum absolute atomic E-state index is 0.0711. The van der Waals surface area contributed by atoms with Crippen LogP contribution in [0.3, 0.4) is 0 Å².